The van der Waals surface area contributed by atoms with Gasteiger partial charge in [-0.05, 0) is 82.4 Å². The van der Waals surface area contributed by atoms with Crippen molar-refractivity contribution < 1.29 is 28.9 Å². The molecule has 0 bridgehead atoms. The quantitative estimate of drug-likeness (QED) is 0.299. The number of aliphatic hydroxyl groups excluding tert-OH is 1. The van der Waals surface area contributed by atoms with Crippen LogP contribution in [0.25, 0.3) is 0 Å². The Bertz CT molecular complexity index is 989. The van der Waals surface area contributed by atoms with Gasteiger partial charge in [-0.3, -0.25) is 9.59 Å². The summed E-state index contributed by atoms with van der Waals surface area (Å²) >= 11 is 0. The predicted octanol–water partition coefficient (Wildman–Crippen LogP) is 3.48. The molecule has 0 aromatic heterocycles. The molecule has 9 heteroatoms. The number of methoxy groups -OCH3 is 2. The summed E-state index contributed by atoms with van der Waals surface area (Å²) in [5.74, 6) is 2.26. The van der Waals surface area contributed by atoms with Gasteiger partial charge in [0.05, 0.1) is 13.7 Å². The van der Waals surface area contributed by atoms with Crippen LogP contribution in [-0.4, -0.2) is 98.0 Å². The van der Waals surface area contributed by atoms with E-state index in [4.69, 9.17) is 19.3 Å². The Balaban J connectivity index is 1.31. The first-order chi connectivity index (χ1) is 19.3. The summed E-state index contributed by atoms with van der Waals surface area (Å²) in [7, 11) is 3.27. The summed E-state index contributed by atoms with van der Waals surface area (Å²) in [5.41, 5.74) is 0.739. The molecule has 1 aliphatic heterocycles. The second kappa shape index (κ2) is 14.0. The van der Waals surface area contributed by atoms with E-state index in [1.165, 1.54) is 0 Å². The number of amides is 2. The normalized spacial score (nSPS) is 23.8. The third-order valence-corrected chi connectivity index (χ3v) is 8.75. The molecule has 3 atom stereocenters. The number of nitrogens with one attached hydrogen (secondary N) is 1. The lowest BCUT2D eigenvalue weighted by molar-refractivity contribution is -0.132. The van der Waals surface area contributed by atoms with Gasteiger partial charge in [-0.15, -0.1) is 0 Å². The summed E-state index contributed by atoms with van der Waals surface area (Å²) in [6.45, 7) is 7.72. The molecule has 1 heterocycles. The summed E-state index contributed by atoms with van der Waals surface area (Å²) in [4.78, 5) is 30.4. The van der Waals surface area contributed by atoms with Crippen LogP contribution in [0.5, 0.6) is 11.5 Å². The molecule has 3 fully saturated rings. The average molecular weight is 560 g/mol. The number of hydrogen-bond donors (Lipinski definition) is 2. The van der Waals surface area contributed by atoms with Crippen molar-refractivity contribution in [3.8, 4) is 11.5 Å². The topological polar surface area (TPSA) is 101 Å². The number of ether oxygens (including phenoxy) is 3. The molecular weight excluding hydrogens is 510 g/mol. The smallest absolute Gasteiger partial charge is 0.254 e. The van der Waals surface area contributed by atoms with Crippen LogP contribution in [0.1, 0.15) is 75.6 Å². The summed E-state index contributed by atoms with van der Waals surface area (Å²) < 4.78 is 16.5. The van der Waals surface area contributed by atoms with Crippen LogP contribution in [0.2, 0.25) is 0 Å². The van der Waals surface area contributed by atoms with E-state index in [2.05, 4.69) is 24.1 Å². The van der Waals surface area contributed by atoms with E-state index in [1.807, 2.05) is 11.0 Å². The van der Waals surface area contributed by atoms with Crippen molar-refractivity contribution in [1.82, 2.24) is 15.1 Å². The number of aliphatic hydroxyl groups is 1. The zero-order valence-corrected chi connectivity index (χ0v) is 24.8. The first kappa shape index (κ1) is 30.6. The van der Waals surface area contributed by atoms with Crippen molar-refractivity contribution in [2.75, 3.05) is 53.7 Å². The van der Waals surface area contributed by atoms with Gasteiger partial charge < -0.3 is 34.4 Å². The molecule has 4 rings (SSSR count). The summed E-state index contributed by atoms with van der Waals surface area (Å²) in [5, 5.41) is 13.0. The van der Waals surface area contributed by atoms with Crippen LogP contribution in [-0.2, 0) is 9.53 Å². The number of benzene rings is 1. The standard InChI is InChI=1S/C31H49N3O6/c1-22(2)33(30(37)24-8-11-27(39-4)28(17-24)40-16-6-15-38-3)20-23-12-13-31(32-19-23)18-25(31)21-34(26-9-10-26)29(36)7-5-14-35/h8,11,17,22-23,25-26,32,35H,5-7,9-10,12-16,18-21H2,1-4H3/t23-,25+,31-/m1/s1. The zero-order chi connectivity index (χ0) is 28.7. The van der Waals surface area contributed by atoms with Crippen LogP contribution in [0.4, 0.5) is 0 Å². The van der Waals surface area contributed by atoms with Gasteiger partial charge in [-0.1, -0.05) is 0 Å². The number of rotatable bonds is 16. The maximum Gasteiger partial charge on any atom is 0.254 e. The molecule has 2 amide bonds. The number of nitrogens with zero attached hydrogens (tertiary/aromatic N) is 2. The van der Waals surface area contributed by atoms with Gasteiger partial charge in [0.25, 0.3) is 5.91 Å². The minimum absolute atomic E-state index is 0.00504. The van der Waals surface area contributed by atoms with Gasteiger partial charge >= 0.3 is 0 Å². The minimum Gasteiger partial charge on any atom is -0.493 e. The van der Waals surface area contributed by atoms with Crippen molar-refractivity contribution in [3.05, 3.63) is 23.8 Å². The van der Waals surface area contributed by atoms with Gasteiger partial charge in [0, 0.05) is 76.0 Å². The number of piperidine rings is 1. The van der Waals surface area contributed by atoms with Gasteiger partial charge in [0.1, 0.15) is 0 Å². The Kier molecular flexibility index (Phi) is 10.7. The fourth-order valence-corrected chi connectivity index (χ4v) is 6.03. The van der Waals surface area contributed by atoms with Crippen LogP contribution in [0, 0.1) is 11.8 Å². The predicted molar refractivity (Wildman–Crippen MR) is 154 cm³/mol. The van der Waals surface area contributed by atoms with Crippen LogP contribution < -0.4 is 14.8 Å². The fourth-order valence-electron chi connectivity index (χ4n) is 6.03. The molecule has 224 valence electrons. The third kappa shape index (κ3) is 7.68. The Morgan fingerprint density at radius 3 is 2.52 bits per heavy atom. The molecular formula is C31H49N3O6. The molecule has 9 nitrogen and oxygen atoms in total. The SMILES string of the molecule is COCCCOc1cc(C(=O)N(C[C@@H]2CC[C@]3(C[C@H]3CN(C(=O)CCCO)C3CC3)NC2)C(C)C)ccc1OC. The van der Waals surface area contributed by atoms with E-state index in [0.717, 1.165) is 51.6 Å². The molecule has 1 aromatic carbocycles. The second-order valence-corrected chi connectivity index (χ2v) is 12.1. The zero-order valence-electron chi connectivity index (χ0n) is 24.8. The highest BCUT2D eigenvalue weighted by molar-refractivity contribution is 5.95. The van der Waals surface area contributed by atoms with E-state index in [-0.39, 0.29) is 30.0 Å². The van der Waals surface area contributed by atoms with Gasteiger partial charge in [0.2, 0.25) is 5.91 Å². The first-order valence-corrected chi connectivity index (χ1v) is 15.1. The molecule has 2 N–H and O–H groups in total. The van der Waals surface area contributed by atoms with E-state index in [1.54, 1.807) is 26.4 Å². The van der Waals surface area contributed by atoms with Gasteiger partial charge in [-0.2, -0.15) is 0 Å². The molecule has 0 radical (unpaired) electrons. The van der Waals surface area contributed by atoms with E-state index in [0.29, 0.717) is 67.5 Å². The van der Waals surface area contributed by atoms with E-state index < -0.39 is 0 Å². The Hall–Kier alpha value is -2.36. The molecule has 1 spiro atoms. The first-order valence-electron chi connectivity index (χ1n) is 15.1. The number of carbonyl (C=O) groups excluding carboxylic acids is 2. The summed E-state index contributed by atoms with van der Waals surface area (Å²) in [6.07, 6.45) is 7.21. The largest absolute Gasteiger partial charge is 0.493 e. The molecule has 40 heavy (non-hydrogen) atoms. The van der Waals surface area contributed by atoms with Crippen LogP contribution in [0.3, 0.4) is 0 Å². The Labute approximate surface area is 239 Å². The summed E-state index contributed by atoms with van der Waals surface area (Å²) in [6, 6.07) is 5.88. The number of carbonyl (C=O) groups is 2. The maximum atomic E-state index is 13.6. The van der Waals surface area contributed by atoms with Gasteiger partial charge in [-0.25, -0.2) is 0 Å². The molecule has 1 saturated heterocycles. The lowest BCUT2D eigenvalue weighted by atomic mass is 9.91. The van der Waals surface area contributed by atoms with Crippen molar-refractivity contribution in [2.45, 2.75) is 82.8 Å². The average Bonchev–Trinajstić information content (AvgIpc) is 3.89. The molecule has 0 unspecified atom stereocenters. The fraction of sp³-hybridized carbons (Fsp3) is 0.742. The third-order valence-electron chi connectivity index (χ3n) is 8.75. The van der Waals surface area contributed by atoms with E-state index >= 15 is 0 Å². The highest BCUT2D eigenvalue weighted by atomic mass is 16.5. The highest BCUT2D eigenvalue weighted by Crippen LogP contribution is 2.50. The highest BCUT2D eigenvalue weighted by Gasteiger charge is 2.56. The van der Waals surface area contributed by atoms with Crippen molar-refractivity contribution >= 4 is 11.8 Å². The van der Waals surface area contributed by atoms with Crippen molar-refractivity contribution in [3.63, 3.8) is 0 Å². The molecule has 3 aliphatic rings. The lowest BCUT2D eigenvalue weighted by Crippen LogP contribution is -2.49. The van der Waals surface area contributed by atoms with Crippen LogP contribution in [0.15, 0.2) is 18.2 Å². The monoisotopic (exact) mass is 559 g/mol. The number of hydrogen-bond acceptors (Lipinski definition) is 7. The van der Waals surface area contributed by atoms with Crippen molar-refractivity contribution in [2.24, 2.45) is 11.8 Å². The Morgan fingerprint density at radius 2 is 1.90 bits per heavy atom. The molecule has 2 aliphatic carbocycles. The molecule has 1 aromatic rings. The molecule has 2 saturated carbocycles. The van der Waals surface area contributed by atoms with Crippen molar-refractivity contribution in [1.29, 1.82) is 0 Å². The lowest BCUT2D eigenvalue weighted by Gasteiger charge is -2.36. The maximum absolute atomic E-state index is 13.6. The minimum atomic E-state index is 0.00504. The van der Waals surface area contributed by atoms with Gasteiger partial charge in [0.15, 0.2) is 11.5 Å². The Morgan fingerprint density at radius 1 is 1.10 bits per heavy atom. The van der Waals surface area contributed by atoms with E-state index in [9.17, 15) is 9.59 Å². The second-order valence-electron chi connectivity index (χ2n) is 12.1. The van der Waals surface area contributed by atoms with Crippen LogP contribution >= 0.6 is 0 Å².